The lowest BCUT2D eigenvalue weighted by molar-refractivity contribution is 0.283. The van der Waals surface area contributed by atoms with E-state index in [-0.39, 0.29) is 0 Å². The van der Waals surface area contributed by atoms with E-state index in [1.165, 1.54) is 5.69 Å². The number of nitrogens with zero attached hydrogens (tertiary/aromatic N) is 2. The van der Waals surface area contributed by atoms with E-state index in [1.807, 2.05) is 11.7 Å². The number of halogens is 1. The lowest BCUT2D eigenvalue weighted by Crippen LogP contribution is -2.10. The monoisotopic (exact) mass is 264 g/mol. The SMILES string of the molecule is Cn1nc(I)c2c1CCCO2. The average molecular weight is 264 g/mol. The highest BCUT2D eigenvalue weighted by molar-refractivity contribution is 14.1. The van der Waals surface area contributed by atoms with E-state index in [2.05, 4.69) is 27.7 Å². The van der Waals surface area contributed by atoms with Crippen LogP contribution in [0.1, 0.15) is 12.1 Å². The molecule has 0 aromatic carbocycles. The third-order valence-electron chi connectivity index (χ3n) is 1.88. The molecule has 4 heteroatoms. The summed E-state index contributed by atoms with van der Waals surface area (Å²) in [5.41, 5.74) is 1.24. The second-order valence-corrected chi connectivity index (χ2v) is 3.66. The molecule has 1 aromatic heterocycles. The second-order valence-electron chi connectivity index (χ2n) is 2.64. The average Bonchev–Trinajstić information content (AvgIpc) is 2.30. The van der Waals surface area contributed by atoms with E-state index in [0.29, 0.717) is 0 Å². The maximum absolute atomic E-state index is 5.48. The van der Waals surface area contributed by atoms with Crippen molar-refractivity contribution < 1.29 is 4.74 Å². The van der Waals surface area contributed by atoms with Gasteiger partial charge < -0.3 is 4.74 Å². The van der Waals surface area contributed by atoms with Gasteiger partial charge in [0.2, 0.25) is 0 Å². The molecule has 0 fully saturated rings. The highest BCUT2D eigenvalue weighted by Crippen LogP contribution is 2.28. The minimum absolute atomic E-state index is 0.842. The van der Waals surface area contributed by atoms with E-state index >= 15 is 0 Å². The van der Waals surface area contributed by atoms with Crippen LogP contribution in [0.5, 0.6) is 5.75 Å². The summed E-state index contributed by atoms with van der Waals surface area (Å²) in [6.07, 6.45) is 2.21. The van der Waals surface area contributed by atoms with Gasteiger partial charge in [-0.25, -0.2) is 0 Å². The van der Waals surface area contributed by atoms with Crippen molar-refractivity contribution >= 4 is 22.6 Å². The van der Waals surface area contributed by atoms with E-state index in [1.54, 1.807) is 0 Å². The first-order valence-electron chi connectivity index (χ1n) is 3.63. The fourth-order valence-corrected chi connectivity index (χ4v) is 2.13. The molecular formula is C7H9IN2O. The van der Waals surface area contributed by atoms with Crippen molar-refractivity contribution in [1.82, 2.24) is 9.78 Å². The number of hydrogen-bond acceptors (Lipinski definition) is 2. The molecule has 2 rings (SSSR count). The Morgan fingerprint density at radius 2 is 2.45 bits per heavy atom. The topological polar surface area (TPSA) is 27.1 Å². The molecule has 0 bridgehead atoms. The van der Waals surface area contributed by atoms with Crippen molar-refractivity contribution in [2.24, 2.45) is 7.05 Å². The minimum atomic E-state index is 0.842. The Bertz CT molecular complexity index is 256. The summed E-state index contributed by atoms with van der Waals surface area (Å²) in [5.74, 6) is 0.999. The van der Waals surface area contributed by atoms with E-state index < -0.39 is 0 Å². The van der Waals surface area contributed by atoms with E-state index in [9.17, 15) is 0 Å². The van der Waals surface area contributed by atoms with Crippen molar-refractivity contribution in [1.29, 1.82) is 0 Å². The maximum Gasteiger partial charge on any atom is 0.173 e. The van der Waals surface area contributed by atoms with Gasteiger partial charge in [-0.2, -0.15) is 5.10 Å². The van der Waals surface area contributed by atoms with Gasteiger partial charge in [-0.15, -0.1) is 0 Å². The van der Waals surface area contributed by atoms with Crippen molar-refractivity contribution in [2.75, 3.05) is 6.61 Å². The number of ether oxygens (including phenoxy) is 1. The number of rotatable bonds is 0. The zero-order valence-corrected chi connectivity index (χ0v) is 8.46. The van der Waals surface area contributed by atoms with Crippen molar-refractivity contribution in [3.63, 3.8) is 0 Å². The van der Waals surface area contributed by atoms with Crippen LogP contribution in [-0.2, 0) is 13.5 Å². The number of hydrogen-bond donors (Lipinski definition) is 0. The summed E-state index contributed by atoms with van der Waals surface area (Å²) >= 11 is 2.21. The van der Waals surface area contributed by atoms with E-state index in [0.717, 1.165) is 28.9 Å². The van der Waals surface area contributed by atoms with Crippen LogP contribution >= 0.6 is 22.6 Å². The number of aryl methyl sites for hydroxylation is 1. The molecular weight excluding hydrogens is 255 g/mol. The van der Waals surface area contributed by atoms with Crippen LogP contribution in [0.15, 0.2) is 0 Å². The molecule has 0 atom stereocenters. The molecule has 3 nitrogen and oxygen atoms in total. The summed E-state index contributed by atoms with van der Waals surface area (Å²) < 4.78 is 8.38. The lowest BCUT2D eigenvalue weighted by Gasteiger charge is -2.13. The van der Waals surface area contributed by atoms with Crippen molar-refractivity contribution in [3.05, 3.63) is 9.39 Å². The van der Waals surface area contributed by atoms with Crippen LogP contribution in [-0.4, -0.2) is 16.4 Å². The van der Waals surface area contributed by atoms with Gasteiger partial charge >= 0.3 is 0 Å². The molecule has 11 heavy (non-hydrogen) atoms. The highest BCUT2D eigenvalue weighted by atomic mass is 127. The molecule has 0 amide bonds. The highest BCUT2D eigenvalue weighted by Gasteiger charge is 2.18. The first kappa shape index (κ1) is 7.39. The fourth-order valence-electron chi connectivity index (χ4n) is 1.34. The molecule has 0 spiro atoms. The Morgan fingerprint density at radius 1 is 1.64 bits per heavy atom. The van der Waals surface area contributed by atoms with E-state index in [4.69, 9.17) is 4.74 Å². The van der Waals surface area contributed by atoms with Gasteiger partial charge in [-0.05, 0) is 35.4 Å². The summed E-state index contributed by atoms with van der Waals surface area (Å²) in [6.45, 7) is 0.842. The van der Waals surface area contributed by atoms with Gasteiger partial charge in [0, 0.05) is 7.05 Å². The number of aromatic nitrogens is 2. The summed E-state index contributed by atoms with van der Waals surface area (Å²) in [7, 11) is 1.97. The zero-order valence-electron chi connectivity index (χ0n) is 6.30. The zero-order chi connectivity index (χ0) is 7.84. The molecule has 2 heterocycles. The molecule has 0 radical (unpaired) electrons. The van der Waals surface area contributed by atoms with Gasteiger partial charge in [0.15, 0.2) is 9.45 Å². The van der Waals surface area contributed by atoms with Crippen LogP contribution in [0, 0.1) is 3.70 Å². The quantitative estimate of drug-likeness (QED) is 0.661. The molecule has 0 aliphatic carbocycles. The Hall–Kier alpha value is -0.260. The predicted molar refractivity (Wildman–Crippen MR) is 49.7 cm³/mol. The van der Waals surface area contributed by atoms with Crippen molar-refractivity contribution in [2.45, 2.75) is 12.8 Å². The van der Waals surface area contributed by atoms with Crippen LogP contribution in [0.25, 0.3) is 0 Å². The third-order valence-corrected chi connectivity index (χ3v) is 2.59. The smallest absolute Gasteiger partial charge is 0.173 e. The van der Waals surface area contributed by atoms with Gasteiger partial charge in [-0.3, -0.25) is 4.68 Å². The van der Waals surface area contributed by atoms with Crippen LogP contribution in [0.3, 0.4) is 0 Å². The summed E-state index contributed by atoms with van der Waals surface area (Å²) in [6, 6.07) is 0. The maximum atomic E-state index is 5.48. The van der Waals surface area contributed by atoms with Crippen molar-refractivity contribution in [3.8, 4) is 5.75 Å². The van der Waals surface area contributed by atoms with Gasteiger partial charge in [0.1, 0.15) is 0 Å². The van der Waals surface area contributed by atoms with Gasteiger partial charge in [0.25, 0.3) is 0 Å². The first-order chi connectivity index (χ1) is 5.29. The molecule has 0 saturated carbocycles. The standard InChI is InChI=1S/C7H9IN2O/c1-10-5-3-2-4-11-6(5)7(8)9-10/h2-4H2,1H3. The van der Waals surface area contributed by atoms with Gasteiger partial charge in [-0.1, -0.05) is 0 Å². The molecule has 1 aliphatic rings. The predicted octanol–water partition coefficient (Wildman–Crippen LogP) is 1.35. The fraction of sp³-hybridized carbons (Fsp3) is 0.571. The Kier molecular flexibility index (Phi) is 1.78. The third kappa shape index (κ3) is 1.13. The van der Waals surface area contributed by atoms with Crippen LogP contribution in [0.4, 0.5) is 0 Å². The Balaban J connectivity index is 2.52. The minimum Gasteiger partial charge on any atom is -0.489 e. The second kappa shape index (κ2) is 2.66. The summed E-state index contributed by atoms with van der Waals surface area (Å²) in [5, 5.41) is 4.27. The lowest BCUT2D eigenvalue weighted by atomic mass is 10.2. The largest absolute Gasteiger partial charge is 0.489 e. The van der Waals surface area contributed by atoms with Crippen LogP contribution < -0.4 is 4.74 Å². The molecule has 0 unspecified atom stereocenters. The molecule has 1 aliphatic heterocycles. The Morgan fingerprint density at radius 3 is 3.18 bits per heavy atom. The molecule has 0 N–H and O–H groups in total. The first-order valence-corrected chi connectivity index (χ1v) is 4.71. The summed E-state index contributed by atoms with van der Waals surface area (Å²) in [4.78, 5) is 0. The normalized spacial score (nSPS) is 15.8. The molecule has 1 aromatic rings. The molecule has 0 saturated heterocycles. The van der Waals surface area contributed by atoms with Gasteiger partial charge in [0.05, 0.1) is 12.3 Å². The number of fused-ring (bicyclic) bond motifs is 1. The Labute approximate surface area is 78.9 Å². The van der Waals surface area contributed by atoms with Crippen LogP contribution in [0.2, 0.25) is 0 Å². The molecule has 60 valence electrons.